The van der Waals surface area contributed by atoms with Crippen LogP contribution in [0, 0.1) is 0 Å². The molecule has 0 bridgehead atoms. The number of rotatable bonds is 5. The molecule has 104 valence electrons. The molecule has 0 aliphatic carbocycles. The van der Waals surface area contributed by atoms with Gasteiger partial charge in [0.15, 0.2) is 11.5 Å². The van der Waals surface area contributed by atoms with E-state index in [0.717, 1.165) is 0 Å². The third-order valence-electron chi connectivity index (χ3n) is 2.11. The Kier molecular flexibility index (Phi) is 5.04. The first-order valence-electron chi connectivity index (χ1n) is 5.20. The Labute approximate surface area is 108 Å². The van der Waals surface area contributed by atoms with Gasteiger partial charge in [0.25, 0.3) is 0 Å². The van der Waals surface area contributed by atoms with Crippen LogP contribution in [-0.4, -0.2) is 25.4 Å². The first-order valence-corrected chi connectivity index (χ1v) is 5.20. The maximum Gasteiger partial charge on any atom is 0.387 e. The Bertz CT molecular complexity index is 499. The molecule has 0 unspecified atom stereocenters. The molecular weight excluding hydrogens is 258 g/mol. The summed E-state index contributed by atoms with van der Waals surface area (Å²) in [5, 5.41) is 7.27. The Balaban J connectivity index is 3.06. The van der Waals surface area contributed by atoms with Crippen LogP contribution >= 0.6 is 0 Å². The van der Waals surface area contributed by atoms with Crippen molar-refractivity contribution in [3.8, 4) is 11.5 Å². The largest absolute Gasteiger partial charge is 0.493 e. The first kappa shape index (κ1) is 14.7. The number of nitrogens with zero attached hydrogens (tertiary/aromatic N) is 2. The third kappa shape index (κ3) is 4.41. The van der Waals surface area contributed by atoms with Crippen LogP contribution in [0.15, 0.2) is 28.4 Å². The van der Waals surface area contributed by atoms with Gasteiger partial charge >= 0.3 is 6.61 Å². The van der Waals surface area contributed by atoms with Gasteiger partial charge in [0.2, 0.25) is 5.96 Å². The zero-order valence-corrected chi connectivity index (χ0v) is 10.4. The maximum absolute atomic E-state index is 12.2. The van der Waals surface area contributed by atoms with Gasteiger partial charge in [0.1, 0.15) is 0 Å². The number of alkyl halides is 2. The molecule has 0 spiro atoms. The zero-order valence-electron chi connectivity index (χ0n) is 10.4. The first-order chi connectivity index (χ1) is 8.93. The molecule has 1 aromatic carbocycles. The molecule has 0 aliphatic rings. The molecule has 0 saturated heterocycles. The molecule has 0 fully saturated rings. The lowest BCUT2D eigenvalue weighted by Gasteiger charge is -2.11. The van der Waals surface area contributed by atoms with Gasteiger partial charge in [-0.3, -0.25) is 0 Å². The van der Waals surface area contributed by atoms with Crippen LogP contribution in [0.2, 0.25) is 0 Å². The Morgan fingerprint density at radius 1 is 1.21 bits per heavy atom. The number of hydrogen-bond acceptors (Lipinski definition) is 4. The standard InChI is InChI=1S/C11H14F2N4O2/c1-6(16-17-11(14)15)7-3-4-8(19-10(12)13)9(5-7)18-2/h3-5,10H,1-2H3,(H4,14,15,17)/b16-6-. The van der Waals surface area contributed by atoms with E-state index in [1.54, 1.807) is 13.0 Å². The molecule has 0 amide bonds. The van der Waals surface area contributed by atoms with Crippen LogP contribution in [0.4, 0.5) is 8.78 Å². The molecule has 8 heteroatoms. The summed E-state index contributed by atoms with van der Waals surface area (Å²) in [6.45, 7) is -1.26. The highest BCUT2D eigenvalue weighted by atomic mass is 19.3. The van der Waals surface area contributed by atoms with Crippen molar-refractivity contribution in [3.05, 3.63) is 23.8 Å². The van der Waals surface area contributed by atoms with E-state index < -0.39 is 6.61 Å². The van der Waals surface area contributed by atoms with Gasteiger partial charge in [0.05, 0.1) is 12.8 Å². The summed E-state index contributed by atoms with van der Waals surface area (Å²) in [7, 11) is 1.35. The van der Waals surface area contributed by atoms with Crippen molar-refractivity contribution < 1.29 is 18.3 Å². The van der Waals surface area contributed by atoms with Crippen molar-refractivity contribution in [2.45, 2.75) is 13.5 Å². The second kappa shape index (κ2) is 6.53. The fourth-order valence-electron chi connectivity index (χ4n) is 1.28. The van der Waals surface area contributed by atoms with Gasteiger partial charge in [-0.15, -0.1) is 5.10 Å². The van der Waals surface area contributed by atoms with E-state index in [4.69, 9.17) is 16.2 Å². The van der Waals surface area contributed by atoms with Crippen molar-refractivity contribution in [1.82, 2.24) is 0 Å². The number of methoxy groups -OCH3 is 1. The third-order valence-corrected chi connectivity index (χ3v) is 2.11. The number of nitrogens with two attached hydrogens (primary N) is 2. The molecule has 6 nitrogen and oxygen atoms in total. The topological polar surface area (TPSA) is 95.2 Å². The van der Waals surface area contributed by atoms with Crippen LogP contribution < -0.4 is 20.9 Å². The number of hydrogen-bond donors (Lipinski definition) is 2. The summed E-state index contributed by atoms with van der Waals surface area (Å²) < 4.78 is 33.6. The highest BCUT2D eigenvalue weighted by Crippen LogP contribution is 2.29. The van der Waals surface area contributed by atoms with Crippen molar-refractivity contribution in [2.75, 3.05) is 7.11 Å². The van der Waals surface area contributed by atoms with Crippen molar-refractivity contribution in [2.24, 2.45) is 21.7 Å². The summed E-state index contributed by atoms with van der Waals surface area (Å²) in [5.41, 5.74) is 11.4. The molecular formula is C11H14F2N4O2. The normalized spacial score (nSPS) is 11.3. The van der Waals surface area contributed by atoms with Crippen LogP contribution in [0.3, 0.4) is 0 Å². The van der Waals surface area contributed by atoms with E-state index in [1.807, 2.05) is 0 Å². The van der Waals surface area contributed by atoms with Gasteiger partial charge in [0, 0.05) is 5.56 Å². The molecule has 0 aromatic heterocycles. The minimum absolute atomic E-state index is 0.0594. The molecule has 0 heterocycles. The molecule has 19 heavy (non-hydrogen) atoms. The Morgan fingerprint density at radius 3 is 2.42 bits per heavy atom. The summed E-state index contributed by atoms with van der Waals surface area (Å²) in [6, 6.07) is 4.40. The lowest BCUT2D eigenvalue weighted by atomic mass is 10.1. The molecule has 1 rings (SSSR count). The second-order valence-corrected chi connectivity index (χ2v) is 3.45. The summed E-state index contributed by atoms with van der Waals surface area (Å²) in [6.07, 6.45) is 0. The molecule has 0 atom stereocenters. The van der Waals surface area contributed by atoms with Crippen molar-refractivity contribution in [1.29, 1.82) is 0 Å². The van der Waals surface area contributed by atoms with Crippen molar-refractivity contribution in [3.63, 3.8) is 0 Å². The summed E-state index contributed by atoms with van der Waals surface area (Å²) in [4.78, 5) is 0. The molecule has 0 saturated carbocycles. The number of benzene rings is 1. The van der Waals surface area contributed by atoms with Crippen molar-refractivity contribution >= 4 is 11.7 Å². The Hall–Kier alpha value is -2.38. The second-order valence-electron chi connectivity index (χ2n) is 3.45. The highest BCUT2D eigenvalue weighted by molar-refractivity contribution is 5.99. The molecule has 0 radical (unpaired) electrons. The molecule has 0 aliphatic heterocycles. The monoisotopic (exact) mass is 272 g/mol. The van der Waals surface area contributed by atoms with E-state index in [1.165, 1.54) is 19.2 Å². The fraction of sp³-hybridized carbons (Fsp3) is 0.273. The predicted molar refractivity (Wildman–Crippen MR) is 67.6 cm³/mol. The summed E-state index contributed by atoms with van der Waals surface area (Å²) >= 11 is 0. The van der Waals surface area contributed by atoms with E-state index in [-0.39, 0.29) is 17.5 Å². The van der Waals surface area contributed by atoms with E-state index in [0.29, 0.717) is 11.3 Å². The van der Waals surface area contributed by atoms with Gasteiger partial charge in [-0.25, -0.2) is 0 Å². The van der Waals surface area contributed by atoms with Crippen LogP contribution in [0.25, 0.3) is 0 Å². The fourth-order valence-corrected chi connectivity index (χ4v) is 1.28. The number of halogens is 2. The quantitative estimate of drug-likeness (QED) is 0.479. The number of guanidine groups is 1. The SMILES string of the molecule is COc1cc(/C(C)=N\N=C(N)N)ccc1OC(F)F. The van der Waals surface area contributed by atoms with E-state index in [9.17, 15) is 8.78 Å². The smallest absolute Gasteiger partial charge is 0.387 e. The van der Waals surface area contributed by atoms with E-state index in [2.05, 4.69) is 14.9 Å². The maximum atomic E-state index is 12.2. The van der Waals surface area contributed by atoms with Crippen LogP contribution in [0.5, 0.6) is 11.5 Å². The minimum Gasteiger partial charge on any atom is -0.493 e. The van der Waals surface area contributed by atoms with Gasteiger partial charge in [-0.2, -0.15) is 13.9 Å². The zero-order chi connectivity index (χ0) is 14.4. The van der Waals surface area contributed by atoms with Crippen LogP contribution in [-0.2, 0) is 0 Å². The molecule has 4 N–H and O–H groups in total. The molecule has 1 aromatic rings. The van der Waals surface area contributed by atoms with Gasteiger partial charge in [-0.1, -0.05) is 0 Å². The Morgan fingerprint density at radius 2 is 1.89 bits per heavy atom. The lowest BCUT2D eigenvalue weighted by Crippen LogP contribution is -2.22. The van der Waals surface area contributed by atoms with Gasteiger partial charge < -0.3 is 20.9 Å². The van der Waals surface area contributed by atoms with Crippen LogP contribution in [0.1, 0.15) is 12.5 Å². The van der Waals surface area contributed by atoms with E-state index >= 15 is 0 Å². The summed E-state index contributed by atoms with van der Waals surface area (Å²) in [5.74, 6) is -0.0723. The predicted octanol–water partition coefficient (Wildman–Crippen LogP) is 1.29. The average molecular weight is 272 g/mol. The van der Waals surface area contributed by atoms with Gasteiger partial charge in [-0.05, 0) is 25.1 Å². The lowest BCUT2D eigenvalue weighted by molar-refractivity contribution is -0.0512. The minimum atomic E-state index is -2.92. The average Bonchev–Trinajstić information content (AvgIpc) is 2.35. The highest BCUT2D eigenvalue weighted by Gasteiger charge is 2.11. The number of ether oxygens (including phenoxy) is 2.